The zero-order valence-electron chi connectivity index (χ0n) is 12.5. The smallest absolute Gasteiger partial charge is 0.308 e. The summed E-state index contributed by atoms with van der Waals surface area (Å²) in [5.74, 6) is -0.154. The first-order valence-electron chi connectivity index (χ1n) is 7.78. The number of rotatable bonds is 14. The summed E-state index contributed by atoms with van der Waals surface area (Å²) in [5.41, 5.74) is 0. The lowest BCUT2D eigenvalue weighted by atomic mass is 10.1. The molecular formula is C15H31O3P. The van der Waals surface area contributed by atoms with E-state index in [-0.39, 0.29) is 5.97 Å². The van der Waals surface area contributed by atoms with Crippen molar-refractivity contribution in [2.24, 2.45) is 0 Å². The Kier molecular flexibility index (Phi) is 15.8. The Morgan fingerprint density at radius 3 is 1.89 bits per heavy atom. The standard InChI is InChI=1S/C15H31O3P/c1-2-3-4-5-6-7-8-9-10-11-13-17-15(16)12-14-18-19/h2-14,19H2,1H3. The highest BCUT2D eigenvalue weighted by molar-refractivity contribution is 7.09. The van der Waals surface area contributed by atoms with Gasteiger partial charge in [0.15, 0.2) is 0 Å². The highest BCUT2D eigenvalue weighted by Crippen LogP contribution is 2.10. The SMILES string of the molecule is CCCCCCCCCCCCOC(=O)CCOP. The second-order valence-corrected chi connectivity index (χ2v) is 5.36. The van der Waals surface area contributed by atoms with Gasteiger partial charge in [-0.2, -0.15) is 0 Å². The fourth-order valence-corrected chi connectivity index (χ4v) is 2.11. The molecule has 0 heterocycles. The van der Waals surface area contributed by atoms with Crippen LogP contribution in [0, 0.1) is 0 Å². The Balaban J connectivity index is 3.04. The van der Waals surface area contributed by atoms with Crippen LogP contribution in [-0.4, -0.2) is 19.2 Å². The van der Waals surface area contributed by atoms with Crippen molar-refractivity contribution in [3.8, 4) is 0 Å². The molecule has 19 heavy (non-hydrogen) atoms. The molecule has 0 radical (unpaired) electrons. The van der Waals surface area contributed by atoms with Gasteiger partial charge in [0.05, 0.1) is 19.6 Å². The average molecular weight is 290 g/mol. The van der Waals surface area contributed by atoms with Gasteiger partial charge in [-0.05, 0) is 6.42 Å². The van der Waals surface area contributed by atoms with E-state index in [0.717, 1.165) is 6.42 Å². The van der Waals surface area contributed by atoms with Crippen LogP contribution in [0.1, 0.15) is 77.6 Å². The summed E-state index contributed by atoms with van der Waals surface area (Å²) in [7, 11) is 2.13. The first-order chi connectivity index (χ1) is 9.31. The molecule has 0 amide bonds. The molecule has 0 aromatic heterocycles. The minimum absolute atomic E-state index is 0.154. The van der Waals surface area contributed by atoms with E-state index < -0.39 is 0 Å². The van der Waals surface area contributed by atoms with Crippen LogP contribution in [-0.2, 0) is 14.1 Å². The Morgan fingerprint density at radius 2 is 1.37 bits per heavy atom. The number of unbranched alkanes of at least 4 members (excludes halogenated alkanes) is 9. The van der Waals surface area contributed by atoms with Gasteiger partial charge in [0.25, 0.3) is 0 Å². The van der Waals surface area contributed by atoms with Crippen molar-refractivity contribution in [1.29, 1.82) is 0 Å². The molecule has 0 aromatic rings. The summed E-state index contributed by atoms with van der Waals surface area (Å²) in [6.45, 7) is 3.23. The largest absolute Gasteiger partial charge is 0.466 e. The zero-order chi connectivity index (χ0) is 14.2. The van der Waals surface area contributed by atoms with E-state index in [4.69, 9.17) is 9.26 Å². The molecule has 3 nitrogen and oxygen atoms in total. The van der Waals surface area contributed by atoms with Gasteiger partial charge < -0.3 is 9.26 Å². The van der Waals surface area contributed by atoms with Gasteiger partial charge in [0.2, 0.25) is 0 Å². The lowest BCUT2D eigenvalue weighted by Gasteiger charge is -2.04. The van der Waals surface area contributed by atoms with E-state index >= 15 is 0 Å². The van der Waals surface area contributed by atoms with Crippen molar-refractivity contribution >= 4 is 15.4 Å². The predicted octanol–water partition coefficient (Wildman–Crippen LogP) is 4.65. The maximum absolute atomic E-state index is 11.2. The van der Waals surface area contributed by atoms with Gasteiger partial charge in [-0.15, -0.1) is 0 Å². The van der Waals surface area contributed by atoms with E-state index in [0.29, 0.717) is 19.6 Å². The third kappa shape index (κ3) is 15.8. The molecule has 4 heteroatoms. The van der Waals surface area contributed by atoms with Crippen molar-refractivity contribution in [1.82, 2.24) is 0 Å². The second kappa shape index (κ2) is 15.9. The molecule has 1 atom stereocenters. The number of ether oxygens (including phenoxy) is 1. The van der Waals surface area contributed by atoms with Crippen LogP contribution in [0.15, 0.2) is 0 Å². The quantitative estimate of drug-likeness (QED) is 0.265. The van der Waals surface area contributed by atoms with Gasteiger partial charge in [-0.25, -0.2) is 0 Å². The van der Waals surface area contributed by atoms with Crippen molar-refractivity contribution in [3.05, 3.63) is 0 Å². The lowest BCUT2D eigenvalue weighted by Crippen LogP contribution is -2.07. The third-order valence-electron chi connectivity index (χ3n) is 3.18. The first kappa shape index (κ1) is 18.9. The summed E-state index contributed by atoms with van der Waals surface area (Å²) >= 11 is 0. The maximum atomic E-state index is 11.2. The molecule has 0 aliphatic rings. The van der Waals surface area contributed by atoms with Crippen LogP contribution in [0.5, 0.6) is 0 Å². The van der Waals surface area contributed by atoms with Gasteiger partial charge in [-0.1, -0.05) is 64.7 Å². The molecular weight excluding hydrogens is 259 g/mol. The zero-order valence-corrected chi connectivity index (χ0v) is 13.6. The van der Waals surface area contributed by atoms with E-state index in [1.54, 1.807) is 0 Å². The molecule has 0 N–H and O–H groups in total. The average Bonchev–Trinajstić information content (AvgIpc) is 2.42. The maximum Gasteiger partial charge on any atom is 0.308 e. The summed E-state index contributed by atoms with van der Waals surface area (Å²) < 4.78 is 9.82. The van der Waals surface area contributed by atoms with Crippen LogP contribution >= 0.6 is 9.47 Å². The number of carbonyl (C=O) groups is 1. The summed E-state index contributed by atoms with van der Waals surface area (Å²) in [6, 6.07) is 0. The Bertz CT molecular complexity index is 198. The van der Waals surface area contributed by atoms with Crippen LogP contribution in [0.3, 0.4) is 0 Å². The van der Waals surface area contributed by atoms with E-state index in [2.05, 4.69) is 16.4 Å². The minimum Gasteiger partial charge on any atom is -0.466 e. The van der Waals surface area contributed by atoms with Gasteiger partial charge in [-0.3, -0.25) is 4.79 Å². The Morgan fingerprint density at radius 1 is 0.842 bits per heavy atom. The number of esters is 1. The molecule has 0 spiro atoms. The number of carbonyl (C=O) groups excluding carboxylic acids is 1. The molecule has 0 fully saturated rings. The van der Waals surface area contributed by atoms with Crippen molar-refractivity contribution in [3.63, 3.8) is 0 Å². The van der Waals surface area contributed by atoms with Crippen LogP contribution in [0.25, 0.3) is 0 Å². The van der Waals surface area contributed by atoms with Gasteiger partial charge in [0.1, 0.15) is 0 Å². The molecule has 0 bridgehead atoms. The number of hydrogen-bond acceptors (Lipinski definition) is 3. The van der Waals surface area contributed by atoms with Gasteiger partial charge in [0, 0.05) is 9.47 Å². The topological polar surface area (TPSA) is 35.5 Å². The highest BCUT2D eigenvalue weighted by atomic mass is 31.0. The monoisotopic (exact) mass is 290 g/mol. The molecule has 0 saturated carbocycles. The molecule has 0 aromatic carbocycles. The molecule has 114 valence electrons. The fraction of sp³-hybridized carbons (Fsp3) is 0.933. The van der Waals surface area contributed by atoms with Crippen LogP contribution < -0.4 is 0 Å². The number of hydrogen-bond donors (Lipinski definition) is 0. The summed E-state index contributed by atoms with van der Waals surface area (Å²) in [5, 5.41) is 0. The summed E-state index contributed by atoms with van der Waals surface area (Å²) in [4.78, 5) is 11.2. The Hall–Kier alpha value is -0.140. The Labute approximate surface area is 121 Å². The van der Waals surface area contributed by atoms with E-state index in [9.17, 15) is 4.79 Å². The summed E-state index contributed by atoms with van der Waals surface area (Å²) in [6.07, 6.45) is 13.3. The molecule has 1 unspecified atom stereocenters. The van der Waals surface area contributed by atoms with Crippen LogP contribution in [0.4, 0.5) is 0 Å². The minimum atomic E-state index is -0.154. The van der Waals surface area contributed by atoms with Crippen molar-refractivity contribution in [2.75, 3.05) is 13.2 Å². The third-order valence-corrected chi connectivity index (χ3v) is 3.42. The first-order valence-corrected chi connectivity index (χ1v) is 8.25. The molecule has 0 saturated heterocycles. The molecule has 0 aliphatic heterocycles. The highest BCUT2D eigenvalue weighted by Gasteiger charge is 2.01. The normalized spacial score (nSPS) is 10.6. The molecule has 0 aliphatic carbocycles. The van der Waals surface area contributed by atoms with Crippen LogP contribution in [0.2, 0.25) is 0 Å². The second-order valence-electron chi connectivity index (χ2n) is 5.02. The lowest BCUT2D eigenvalue weighted by molar-refractivity contribution is -0.144. The van der Waals surface area contributed by atoms with Crippen molar-refractivity contribution < 1.29 is 14.1 Å². The molecule has 0 rings (SSSR count). The van der Waals surface area contributed by atoms with E-state index in [1.807, 2.05) is 0 Å². The van der Waals surface area contributed by atoms with E-state index in [1.165, 1.54) is 57.8 Å². The van der Waals surface area contributed by atoms with Gasteiger partial charge >= 0.3 is 5.97 Å². The van der Waals surface area contributed by atoms with Crippen molar-refractivity contribution in [2.45, 2.75) is 77.6 Å². The predicted molar refractivity (Wildman–Crippen MR) is 83.1 cm³/mol. The fourth-order valence-electron chi connectivity index (χ4n) is 1.99.